The molecule has 4 heteroatoms. The number of benzene rings is 1. The molecule has 2 unspecified atom stereocenters. The quantitative estimate of drug-likeness (QED) is 0.883. The van der Waals surface area contributed by atoms with Crippen LogP contribution in [0.5, 0.6) is 0 Å². The van der Waals surface area contributed by atoms with E-state index in [0.717, 1.165) is 11.0 Å². The minimum atomic E-state index is 0.491. The van der Waals surface area contributed by atoms with E-state index in [1.165, 1.54) is 32.1 Å². The standard InChI is InChI=1S/C15H20ClN3/c1-2-10-5-3-4-6-13(10)19-14-8-7-11(16)9-12(14)18-15(19)17/h7-10,13H,2-6H2,1H3,(H2,17,18). The van der Waals surface area contributed by atoms with Crippen molar-refractivity contribution >= 4 is 28.6 Å². The highest BCUT2D eigenvalue weighted by Crippen LogP contribution is 2.39. The predicted octanol–water partition coefficient (Wildman–Crippen LogP) is 4.41. The van der Waals surface area contributed by atoms with Crippen molar-refractivity contribution in [2.24, 2.45) is 5.92 Å². The van der Waals surface area contributed by atoms with Crippen LogP contribution in [0.25, 0.3) is 11.0 Å². The van der Waals surface area contributed by atoms with Gasteiger partial charge in [0.15, 0.2) is 0 Å². The van der Waals surface area contributed by atoms with Gasteiger partial charge in [-0.25, -0.2) is 4.98 Å². The maximum absolute atomic E-state index is 6.16. The van der Waals surface area contributed by atoms with Crippen LogP contribution in [-0.2, 0) is 0 Å². The number of hydrogen-bond donors (Lipinski definition) is 1. The molecule has 0 bridgehead atoms. The van der Waals surface area contributed by atoms with Gasteiger partial charge in [0.05, 0.1) is 11.0 Å². The number of halogens is 1. The molecule has 0 saturated heterocycles. The molecule has 1 fully saturated rings. The Bertz CT molecular complexity index is 590. The van der Waals surface area contributed by atoms with Crippen molar-refractivity contribution in [2.45, 2.75) is 45.1 Å². The summed E-state index contributed by atoms with van der Waals surface area (Å²) >= 11 is 6.03. The van der Waals surface area contributed by atoms with Crippen molar-refractivity contribution in [3.8, 4) is 0 Å². The smallest absolute Gasteiger partial charge is 0.201 e. The lowest BCUT2D eigenvalue weighted by atomic mass is 9.82. The number of nitrogen functional groups attached to an aromatic ring is 1. The Kier molecular flexibility index (Phi) is 3.40. The van der Waals surface area contributed by atoms with Gasteiger partial charge in [-0.1, -0.05) is 37.8 Å². The summed E-state index contributed by atoms with van der Waals surface area (Å²) in [5, 5.41) is 0.716. The van der Waals surface area contributed by atoms with Gasteiger partial charge in [0.25, 0.3) is 0 Å². The lowest BCUT2D eigenvalue weighted by Crippen LogP contribution is -2.23. The molecule has 1 heterocycles. The summed E-state index contributed by atoms with van der Waals surface area (Å²) in [7, 11) is 0. The summed E-state index contributed by atoms with van der Waals surface area (Å²) in [6.45, 7) is 2.27. The zero-order valence-corrected chi connectivity index (χ0v) is 12.0. The average molecular weight is 278 g/mol. The van der Waals surface area contributed by atoms with E-state index in [9.17, 15) is 0 Å². The number of nitrogens with zero attached hydrogens (tertiary/aromatic N) is 2. The van der Waals surface area contributed by atoms with E-state index < -0.39 is 0 Å². The van der Waals surface area contributed by atoms with E-state index in [4.69, 9.17) is 17.3 Å². The molecule has 3 nitrogen and oxygen atoms in total. The van der Waals surface area contributed by atoms with Crippen molar-refractivity contribution in [3.63, 3.8) is 0 Å². The summed E-state index contributed by atoms with van der Waals surface area (Å²) < 4.78 is 2.24. The lowest BCUT2D eigenvalue weighted by molar-refractivity contribution is 0.239. The third-order valence-electron chi connectivity index (χ3n) is 4.40. The van der Waals surface area contributed by atoms with Crippen molar-refractivity contribution in [3.05, 3.63) is 23.2 Å². The number of imidazole rings is 1. The van der Waals surface area contributed by atoms with E-state index in [1.807, 2.05) is 18.2 Å². The molecule has 1 saturated carbocycles. The zero-order chi connectivity index (χ0) is 13.4. The molecule has 2 aromatic rings. The van der Waals surface area contributed by atoms with Crippen LogP contribution >= 0.6 is 11.6 Å². The second-order valence-electron chi connectivity index (χ2n) is 5.49. The monoisotopic (exact) mass is 277 g/mol. The summed E-state index contributed by atoms with van der Waals surface area (Å²) in [4.78, 5) is 4.47. The molecular weight excluding hydrogens is 258 g/mol. The van der Waals surface area contributed by atoms with Crippen LogP contribution in [0.1, 0.15) is 45.1 Å². The van der Waals surface area contributed by atoms with Gasteiger partial charge in [0.2, 0.25) is 5.95 Å². The summed E-state index contributed by atoms with van der Waals surface area (Å²) in [5.74, 6) is 1.34. The van der Waals surface area contributed by atoms with Gasteiger partial charge >= 0.3 is 0 Å². The Balaban J connectivity index is 2.10. The van der Waals surface area contributed by atoms with Crippen LogP contribution in [0.3, 0.4) is 0 Å². The first-order chi connectivity index (χ1) is 9.20. The Labute approximate surface area is 118 Å². The Morgan fingerprint density at radius 3 is 2.95 bits per heavy atom. The SMILES string of the molecule is CCC1CCCCC1n1c(N)nc2cc(Cl)ccc21. The highest BCUT2D eigenvalue weighted by atomic mass is 35.5. The highest BCUT2D eigenvalue weighted by Gasteiger charge is 2.27. The number of hydrogen-bond acceptors (Lipinski definition) is 2. The van der Waals surface area contributed by atoms with Crippen LogP contribution in [0.4, 0.5) is 5.95 Å². The molecule has 1 aliphatic carbocycles. The lowest BCUT2D eigenvalue weighted by Gasteiger charge is -2.32. The van der Waals surface area contributed by atoms with Crippen molar-refractivity contribution in [1.29, 1.82) is 0 Å². The van der Waals surface area contributed by atoms with Gasteiger partial charge in [-0.15, -0.1) is 0 Å². The fourth-order valence-corrected chi connectivity index (χ4v) is 3.61. The number of nitrogens with two attached hydrogens (primary N) is 1. The molecule has 1 aliphatic rings. The van der Waals surface area contributed by atoms with Crippen molar-refractivity contribution < 1.29 is 0 Å². The Hall–Kier alpha value is -1.22. The van der Waals surface area contributed by atoms with E-state index in [1.54, 1.807) is 0 Å². The molecule has 102 valence electrons. The van der Waals surface area contributed by atoms with Crippen LogP contribution in [0.15, 0.2) is 18.2 Å². The minimum Gasteiger partial charge on any atom is -0.369 e. The summed E-state index contributed by atoms with van der Waals surface area (Å²) in [6, 6.07) is 6.35. The highest BCUT2D eigenvalue weighted by molar-refractivity contribution is 6.31. The van der Waals surface area contributed by atoms with Gasteiger partial charge in [0.1, 0.15) is 0 Å². The topological polar surface area (TPSA) is 43.8 Å². The van der Waals surface area contributed by atoms with Gasteiger partial charge < -0.3 is 10.3 Å². The molecule has 2 atom stereocenters. The number of fused-ring (bicyclic) bond motifs is 1. The normalized spacial score (nSPS) is 23.9. The third kappa shape index (κ3) is 2.20. The average Bonchev–Trinajstić information content (AvgIpc) is 2.73. The van der Waals surface area contributed by atoms with Crippen molar-refractivity contribution in [2.75, 3.05) is 5.73 Å². The fourth-order valence-electron chi connectivity index (χ4n) is 3.44. The summed E-state index contributed by atoms with van der Waals surface area (Å²) in [6.07, 6.45) is 6.34. The van der Waals surface area contributed by atoms with Crippen LogP contribution < -0.4 is 5.73 Å². The first kappa shape index (κ1) is 12.8. The molecule has 0 amide bonds. The molecule has 1 aromatic carbocycles. The summed E-state index contributed by atoms with van der Waals surface area (Å²) in [5.41, 5.74) is 8.19. The van der Waals surface area contributed by atoms with Gasteiger partial charge in [-0.05, 0) is 37.0 Å². The van der Waals surface area contributed by atoms with Crippen LogP contribution in [-0.4, -0.2) is 9.55 Å². The second kappa shape index (κ2) is 5.04. The van der Waals surface area contributed by atoms with Crippen LogP contribution in [0, 0.1) is 5.92 Å². The molecule has 3 rings (SSSR count). The molecule has 1 aromatic heterocycles. The van der Waals surface area contributed by atoms with Crippen molar-refractivity contribution in [1.82, 2.24) is 9.55 Å². The largest absolute Gasteiger partial charge is 0.369 e. The first-order valence-electron chi connectivity index (χ1n) is 7.13. The molecule has 2 N–H and O–H groups in total. The van der Waals surface area contributed by atoms with Crippen LogP contribution in [0.2, 0.25) is 5.02 Å². The molecule has 0 spiro atoms. The predicted molar refractivity (Wildman–Crippen MR) is 80.4 cm³/mol. The van der Waals surface area contributed by atoms with Gasteiger partial charge in [-0.3, -0.25) is 0 Å². The molecule has 0 radical (unpaired) electrons. The third-order valence-corrected chi connectivity index (χ3v) is 4.64. The zero-order valence-electron chi connectivity index (χ0n) is 11.3. The Morgan fingerprint density at radius 1 is 1.37 bits per heavy atom. The molecule has 0 aliphatic heterocycles. The minimum absolute atomic E-state index is 0.491. The van der Waals surface area contributed by atoms with Gasteiger partial charge in [0, 0.05) is 11.1 Å². The molecule has 19 heavy (non-hydrogen) atoms. The second-order valence-corrected chi connectivity index (χ2v) is 5.93. The fraction of sp³-hybridized carbons (Fsp3) is 0.533. The van der Waals surface area contributed by atoms with E-state index in [-0.39, 0.29) is 0 Å². The number of anilines is 1. The maximum atomic E-state index is 6.16. The van der Waals surface area contributed by atoms with E-state index in [2.05, 4.69) is 16.5 Å². The van der Waals surface area contributed by atoms with E-state index in [0.29, 0.717) is 22.9 Å². The number of rotatable bonds is 2. The Morgan fingerprint density at radius 2 is 2.16 bits per heavy atom. The van der Waals surface area contributed by atoms with Gasteiger partial charge in [-0.2, -0.15) is 0 Å². The van der Waals surface area contributed by atoms with E-state index >= 15 is 0 Å². The number of aromatic nitrogens is 2. The maximum Gasteiger partial charge on any atom is 0.201 e. The molecular formula is C15H20ClN3. The first-order valence-corrected chi connectivity index (χ1v) is 7.51.